The molecule has 0 unspecified atom stereocenters. The molecular formula is C16H14ClNO2. The minimum atomic E-state index is -0.466. The highest BCUT2D eigenvalue weighted by Gasteiger charge is 2.28. The third-order valence-corrected chi connectivity index (χ3v) is 3.53. The van der Waals surface area contributed by atoms with Gasteiger partial charge in [-0.2, -0.15) is 0 Å². The molecular weight excluding hydrogens is 274 g/mol. The van der Waals surface area contributed by atoms with Gasteiger partial charge in [0.25, 0.3) is 5.91 Å². The van der Waals surface area contributed by atoms with Crippen molar-refractivity contribution in [2.24, 2.45) is 0 Å². The fourth-order valence-electron chi connectivity index (χ4n) is 2.26. The van der Waals surface area contributed by atoms with E-state index < -0.39 is 6.10 Å². The second-order valence-corrected chi connectivity index (χ2v) is 5.20. The number of amides is 1. The van der Waals surface area contributed by atoms with Crippen molar-refractivity contribution in [3.8, 4) is 5.75 Å². The molecule has 0 aliphatic carbocycles. The molecule has 1 amide bonds. The maximum Gasteiger partial charge on any atom is 0.261 e. The van der Waals surface area contributed by atoms with Gasteiger partial charge in [-0.1, -0.05) is 41.9 Å². The summed E-state index contributed by atoms with van der Waals surface area (Å²) in [6, 6.07) is 15.2. The fraction of sp³-hybridized carbons (Fsp3) is 0.188. The van der Waals surface area contributed by atoms with Gasteiger partial charge in [-0.15, -0.1) is 0 Å². The third-order valence-electron chi connectivity index (χ3n) is 3.30. The van der Waals surface area contributed by atoms with Crippen LogP contribution in [0.15, 0.2) is 48.5 Å². The molecule has 3 nitrogen and oxygen atoms in total. The smallest absolute Gasteiger partial charge is 0.261 e. The Bertz CT molecular complexity index is 628. The molecule has 2 aromatic carbocycles. The van der Waals surface area contributed by atoms with E-state index in [-0.39, 0.29) is 5.91 Å². The number of ether oxygens (including phenoxy) is 1. The summed E-state index contributed by atoms with van der Waals surface area (Å²) in [4.78, 5) is 12.1. The highest BCUT2D eigenvalue weighted by molar-refractivity contribution is 6.30. The van der Waals surface area contributed by atoms with Crippen molar-refractivity contribution in [1.82, 2.24) is 5.32 Å². The summed E-state index contributed by atoms with van der Waals surface area (Å²) in [7, 11) is 0. The molecule has 1 atom stereocenters. The molecule has 4 heteroatoms. The van der Waals surface area contributed by atoms with E-state index in [2.05, 4.69) is 5.32 Å². The van der Waals surface area contributed by atoms with E-state index in [0.717, 1.165) is 16.9 Å². The Morgan fingerprint density at radius 3 is 2.85 bits per heavy atom. The zero-order valence-electron chi connectivity index (χ0n) is 10.8. The highest BCUT2D eigenvalue weighted by Crippen LogP contribution is 2.31. The van der Waals surface area contributed by atoms with Gasteiger partial charge in [0.15, 0.2) is 6.10 Å². The Hall–Kier alpha value is -2.00. The first-order valence-electron chi connectivity index (χ1n) is 6.49. The summed E-state index contributed by atoms with van der Waals surface area (Å²) < 4.78 is 5.64. The molecule has 0 spiro atoms. The molecule has 1 N–H and O–H groups in total. The van der Waals surface area contributed by atoms with E-state index in [1.807, 2.05) is 42.5 Å². The monoisotopic (exact) mass is 287 g/mol. The van der Waals surface area contributed by atoms with Gasteiger partial charge in [0.05, 0.1) is 0 Å². The van der Waals surface area contributed by atoms with Gasteiger partial charge >= 0.3 is 0 Å². The van der Waals surface area contributed by atoms with Gasteiger partial charge in [-0.25, -0.2) is 0 Å². The largest absolute Gasteiger partial charge is 0.480 e. The molecule has 0 saturated carbocycles. The number of hydrogen-bond donors (Lipinski definition) is 1. The van der Waals surface area contributed by atoms with E-state index >= 15 is 0 Å². The van der Waals surface area contributed by atoms with Crippen molar-refractivity contribution in [1.29, 1.82) is 0 Å². The molecule has 0 radical (unpaired) electrons. The van der Waals surface area contributed by atoms with Crippen LogP contribution in [0.4, 0.5) is 0 Å². The topological polar surface area (TPSA) is 38.3 Å². The van der Waals surface area contributed by atoms with E-state index in [9.17, 15) is 4.79 Å². The Balaban J connectivity index is 1.60. The van der Waals surface area contributed by atoms with Crippen molar-refractivity contribution in [3.63, 3.8) is 0 Å². The highest BCUT2D eigenvalue weighted by atomic mass is 35.5. The molecule has 0 fully saturated rings. The molecule has 2 aromatic rings. The summed E-state index contributed by atoms with van der Waals surface area (Å²) in [6.07, 6.45) is 0.100. The molecule has 20 heavy (non-hydrogen) atoms. The first kappa shape index (κ1) is 13.0. The number of fused-ring (bicyclic) bond motifs is 1. The SMILES string of the molecule is O=C(NCc1ccccc1)[C@H]1Cc2cc(Cl)ccc2O1. The molecule has 102 valence electrons. The van der Waals surface area contributed by atoms with Crippen molar-refractivity contribution < 1.29 is 9.53 Å². The normalized spacial score (nSPS) is 16.4. The van der Waals surface area contributed by atoms with Crippen LogP contribution in [0.25, 0.3) is 0 Å². The summed E-state index contributed by atoms with van der Waals surface area (Å²) in [6.45, 7) is 0.511. The van der Waals surface area contributed by atoms with Crippen LogP contribution in [0.2, 0.25) is 5.02 Å². The van der Waals surface area contributed by atoms with Gasteiger partial charge in [-0.3, -0.25) is 4.79 Å². The average molecular weight is 288 g/mol. The Morgan fingerprint density at radius 1 is 1.25 bits per heavy atom. The fourth-order valence-corrected chi connectivity index (χ4v) is 2.46. The average Bonchev–Trinajstić information content (AvgIpc) is 2.89. The quantitative estimate of drug-likeness (QED) is 0.942. The van der Waals surface area contributed by atoms with Crippen LogP contribution in [-0.2, 0) is 17.8 Å². The Labute approximate surface area is 122 Å². The van der Waals surface area contributed by atoms with Gasteiger partial charge in [-0.05, 0) is 29.3 Å². The van der Waals surface area contributed by atoms with Crippen LogP contribution in [0.5, 0.6) is 5.75 Å². The van der Waals surface area contributed by atoms with Gasteiger partial charge in [0.1, 0.15) is 5.75 Å². The lowest BCUT2D eigenvalue weighted by Gasteiger charge is -2.11. The van der Waals surface area contributed by atoms with E-state index in [4.69, 9.17) is 16.3 Å². The van der Waals surface area contributed by atoms with Crippen LogP contribution >= 0.6 is 11.6 Å². The van der Waals surface area contributed by atoms with Crippen molar-refractivity contribution >= 4 is 17.5 Å². The molecule has 0 saturated heterocycles. The maximum atomic E-state index is 12.1. The number of halogens is 1. The Morgan fingerprint density at radius 2 is 2.05 bits per heavy atom. The summed E-state index contributed by atoms with van der Waals surface area (Å²) in [5, 5.41) is 3.56. The summed E-state index contributed by atoms with van der Waals surface area (Å²) >= 11 is 5.94. The minimum Gasteiger partial charge on any atom is -0.480 e. The summed E-state index contributed by atoms with van der Waals surface area (Å²) in [5.74, 6) is 0.649. The second kappa shape index (κ2) is 5.55. The lowest BCUT2D eigenvalue weighted by Crippen LogP contribution is -2.36. The number of benzene rings is 2. The maximum absolute atomic E-state index is 12.1. The molecule has 1 aliphatic heterocycles. The van der Waals surface area contributed by atoms with Gasteiger partial charge in [0.2, 0.25) is 0 Å². The zero-order valence-corrected chi connectivity index (χ0v) is 11.6. The van der Waals surface area contributed by atoms with Crippen LogP contribution in [0.3, 0.4) is 0 Å². The van der Waals surface area contributed by atoms with E-state index in [1.165, 1.54) is 0 Å². The van der Waals surface area contributed by atoms with Crippen molar-refractivity contribution in [2.75, 3.05) is 0 Å². The first-order valence-corrected chi connectivity index (χ1v) is 6.87. The summed E-state index contributed by atoms with van der Waals surface area (Å²) in [5.41, 5.74) is 2.05. The van der Waals surface area contributed by atoms with Crippen LogP contribution in [0, 0.1) is 0 Å². The van der Waals surface area contributed by atoms with Crippen LogP contribution < -0.4 is 10.1 Å². The Kier molecular flexibility index (Phi) is 3.61. The van der Waals surface area contributed by atoms with E-state index in [1.54, 1.807) is 6.07 Å². The van der Waals surface area contributed by atoms with Crippen LogP contribution in [-0.4, -0.2) is 12.0 Å². The standard InChI is InChI=1S/C16H14ClNO2/c17-13-6-7-14-12(8-13)9-15(20-14)16(19)18-10-11-4-2-1-3-5-11/h1-8,15H,9-10H2,(H,18,19)/t15-/m1/s1. The minimum absolute atomic E-state index is 0.0961. The van der Waals surface area contributed by atoms with Crippen LogP contribution in [0.1, 0.15) is 11.1 Å². The number of carbonyl (C=O) groups excluding carboxylic acids is 1. The third kappa shape index (κ3) is 2.78. The predicted molar refractivity (Wildman–Crippen MR) is 77.9 cm³/mol. The predicted octanol–water partition coefficient (Wildman–Crippen LogP) is 2.96. The number of rotatable bonds is 3. The number of hydrogen-bond acceptors (Lipinski definition) is 2. The molecule has 3 rings (SSSR count). The lowest BCUT2D eigenvalue weighted by molar-refractivity contribution is -0.127. The van der Waals surface area contributed by atoms with Gasteiger partial charge < -0.3 is 10.1 Å². The van der Waals surface area contributed by atoms with Gasteiger partial charge in [0, 0.05) is 18.0 Å². The molecule has 1 heterocycles. The van der Waals surface area contributed by atoms with Crippen molar-refractivity contribution in [3.05, 3.63) is 64.7 Å². The first-order chi connectivity index (χ1) is 9.72. The molecule has 0 aromatic heterocycles. The molecule has 0 bridgehead atoms. The molecule has 1 aliphatic rings. The van der Waals surface area contributed by atoms with E-state index in [0.29, 0.717) is 18.0 Å². The number of carbonyl (C=O) groups is 1. The van der Waals surface area contributed by atoms with Crippen molar-refractivity contribution in [2.45, 2.75) is 19.1 Å². The second-order valence-electron chi connectivity index (χ2n) is 4.77. The number of nitrogens with one attached hydrogen (secondary N) is 1. The lowest BCUT2D eigenvalue weighted by atomic mass is 10.1. The zero-order chi connectivity index (χ0) is 13.9.